The fourth-order valence-electron chi connectivity index (χ4n) is 3.75. The van der Waals surface area contributed by atoms with Gasteiger partial charge in [0.05, 0.1) is 22.9 Å². The third-order valence-electron chi connectivity index (χ3n) is 5.56. The highest BCUT2D eigenvalue weighted by atomic mass is 32.2. The molecule has 1 aromatic heterocycles. The van der Waals surface area contributed by atoms with Gasteiger partial charge in [-0.15, -0.1) is 0 Å². The first kappa shape index (κ1) is 24.9. The van der Waals surface area contributed by atoms with Gasteiger partial charge in [-0.3, -0.25) is 4.57 Å². The standard InChI is InChI=1S/C26H25FN4O4S/c1-17-3-13-23(14-4-17)36(33,34)30-26(32)35-16-15-19-5-11-22(12-6-19)31-24(18(2)29-25(31)28)20-7-9-21(27)10-8-20/h3-14H,15-16H2,1-2H3,(H2,28,29)(H,30,32). The lowest BCUT2D eigenvalue weighted by atomic mass is 10.1. The number of rotatable bonds is 7. The number of sulfonamides is 1. The minimum atomic E-state index is -4.00. The zero-order chi connectivity index (χ0) is 25.9. The molecule has 0 radical (unpaired) electrons. The molecule has 0 saturated heterocycles. The van der Waals surface area contributed by atoms with Crippen LogP contribution in [0.4, 0.5) is 15.1 Å². The molecule has 1 amide bonds. The first-order valence-corrected chi connectivity index (χ1v) is 12.6. The topological polar surface area (TPSA) is 116 Å². The number of amides is 1. The summed E-state index contributed by atoms with van der Waals surface area (Å²) in [5, 5.41) is 0. The van der Waals surface area contributed by atoms with E-state index >= 15 is 0 Å². The zero-order valence-corrected chi connectivity index (χ0v) is 20.5. The third kappa shape index (κ3) is 5.55. The molecule has 4 rings (SSSR count). The predicted octanol–water partition coefficient (Wildman–Crippen LogP) is 4.54. The Kier molecular flexibility index (Phi) is 7.07. The first-order valence-electron chi connectivity index (χ1n) is 11.1. The van der Waals surface area contributed by atoms with E-state index in [1.165, 1.54) is 24.3 Å². The van der Waals surface area contributed by atoms with Crippen molar-refractivity contribution in [3.05, 3.63) is 95.4 Å². The Hall–Kier alpha value is -4.18. The SMILES string of the molecule is Cc1ccc(S(=O)(=O)NC(=O)OCCc2ccc(-n3c(N)nc(C)c3-c3ccc(F)cc3)cc2)cc1. The first-order chi connectivity index (χ1) is 17.1. The number of benzene rings is 3. The Labute approximate surface area is 208 Å². The second-order valence-corrected chi connectivity index (χ2v) is 9.90. The molecule has 36 heavy (non-hydrogen) atoms. The summed E-state index contributed by atoms with van der Waals surface area (Å²) in [6.45, 7) is 3.66. The highest BCUT2D eigenvalue weighted by Gasteiger charge is 2.19. The van der Waals surface area contributed by atoms with Gasteiger partial charge in [-0.05, 0) is 67.9 Å². The Balaban J connectivity index is 1.40. The lowest BCUT2D eigenvalue weighted by Crippen LogP contribution is -2.31. The van der Waals surface area contributed by atoms with Crippen molar-refractivity contribution in [2.24, 2.45) is 0 Å². The minimum absolute atomic E-state index is 0.0122. The molecule has 10 heteroatoms. The largest absolute Gasteiger partial charge is 0.448 e. The van der Waals surface area contributed by atoms with Crippen molar-refractivity contribution in [2.75, 3.05) is 12.3 Å². The molecule has 0 aliphatic rings. The number of anilines is 1. The second kappa shape index (κ2) is 10.2. The van der Waals surface area contributed by atoms with E-state index in [9.17, 15) is 17.6 Å². The van der Waals surface area contributed by atoms with Crippen LogP contribution in [0, 0.1) is 19.7 Å². The number of carbonyl (C=O) groups excluding carboxylic acids is 1. The number of nitrogens with one attached hydrogen (secondary N) is 1. The van der Waals surface area contributed by atoms with E-state index in [0.717, 1.165) is 28.1 Å². The van der Waals surface area contributed by atoms with Gasteiger partial charge in [0.15, 0.2) is 0 Å². The molecule has 0 bridgehead atoms. The quantitative estimate of drug-likeness (QED) is 0.379. The van der Waals surface area contributed by atoms with Gasteiger partial charge < -0.3 is 10.5 Å². The molecule has 3 N–H and O–H groups in total. The van der Waals surface area contributed by atoms with Crippen LogP contribution in [-0.4, -0.2) is 30.7 Å². The van der Waals surface area contributed by atoms with Gasteiger partial charge in [0.1, 0.15) is 5.82 Å². The summed E-state index contributed by atoms with van der Waals surface area (Å²) in [5.41, 5.74) is 10.9. The zero-order valence-electron chi connectivity index (χ0n) is 19.7. The maximum absolute atomic E-state index is 13.4. The highest BCUT2D eigenvalue weighted by Crippen LogP contribution is 2.30. The van der Waals surface area contributed by atoms with E-state index in [0.29, 0.717) is 18.1 Å². The fourth-order valence-corrected chi connectivity index (χ4v) is 4.64. The molecular weight excluding hydrogens is 483 g/mol. The summed E-state index contributed by atoms with van der Waals surface area (Å²) in [6.07, 6.45) is -0.667. The van der Waals surface area contributed by atoms with Crippen LogP contribution >= 0.6 is 0 Å². The number of nitrogens with zero attached hydrogens (tertiary/aromatic N) is 2. The van der Waals surface area contributed by atoms with Crippen LogP contribution in [0.3, 0.4) is 0 Å². The average Bonchev–Trinajstić information content (AvgIpc) is 3.13. The molecule has 0 fully saturated rings. The summed E-state index contributed by atoms with van der Waals surface area (Å²) in [6, 6.07) is 19.6. The number of aryl methyl sites for hydroxylation is 2. The number of nitrogens with two attached hydrogens (primary N) is 1. The monoisotopic (exact) mass is 508 g/mol. The van der Waals surface area contributed by atoms with E-state index in [-0.39, 0.29) is 17.3 Å². The Morgan fingerprint density at radius 3 is 2.28 bits per heavy atom. The molecule has 3 aromatic carbocycles. The lowest BCUT2D eigenvalue weighted by molar-refractivity contribution is 0.154. The van der Waals surface area contributed by atoms with Gasteiger partial charge in [-0.1, -0.05) is 29.8 Å². The summed E-state index contributed by atoms with van der Waals surface area (Å²) in [4.78, 5) is 16.3. The van der Waals surface area contributed by atoms with E-state index < -0.39 is 16.1 Å². The van der Waals surface area contributed by atoms with Crippen molar-refractivity contribution in [3.63, 3.8) is 0 Å². The summed E-state index contributed by atoms with van der Waals surface area (Å²) < 4.78 is 46.7. The number of ether oxygens (including phenoxy) is 1. The van der Waals surface area contributed by atoms with Crippen LogP contribution in [0.2, 0.25) is 0 Å². The van der Waals surface area contributed by atoms with Gasteiger partial charge in [0, 0.05) is 17.7 Å². The van der Waals surface area contributed by atoms with Crippen molar-refractivity contribution >= 4 is 22.1 Å². The number of hydrogen-bond donors (Lipinski definition) is 2. The number of hydrogen-bond acceptors (Lipinski definition) is 6. The molecule has 0 aliphatic carbocycles. The van der Waals surface area contributed by atoms with Crippen molar-refractivity contribution in [3.8, 4) is 16.9 Å². The molecule has 0 aliphatic heterocycles. The van der Waals surface area contributed by atoms with Crippen LogP contribution < -0.4 is 10.5 Å². The number of carbonyl (C=O) groups is 1. The number of aromatic nitrogens is 2. The van der Waals surface area contributed by atoms with Crippen LogP contribution in [0.25, 0.3) is 16.9 Å². The summed E-state index contributed by atoms with van der Waals surface area (Å²) in [5.74, 6) is -0.0298. The molecule has 1 heterocycles. The predicted molar refractivity (Wildman–Crippen MR) is 135 cm³/mol. The fraction of sp³-hybridized carbons (Fsp3) is 0.154. The Morgan fingerprint density at radius 1 is 1.00 bits per heavy atom. The molecular formula is C26H25FN4O4S. The van der Waals surface area contributed by atoms with E-state index in [4.69, 9.17) is 10.5 Å². The van der Waals surface area contributed by atoms with Crippen molar-refractivity contribution < 1.29 is 22.3 Å². The number of imidazole rings is 1. The van der Waals surface area contributed by atoms with E-state index in [1.807, 2.05) is 42.8 Å². The smallest absolute Gasteiger partial charge is 0.421 e. The molecule has 0 saturated carbocycles. The maximum atomic E-state index is 13.4. The van der Waals surface area contributed by atoms with Crippen molar-refractivity contribution in [2.45, 2.75) is 25.2 Å². The van der Waals surface area contributed by atoms with Crippen molar-refractivity contribution in [1.29, 1.82) is 0 Å². The third-order valence-corrected chi connectivity index (χ3v) is 6.89. The van der Waals surface area contributed by atoms with Gasteiger partial charge in [0.2, 0.25) is 5.95 Å². The minimum Gasteiger partial charge on any atom is -0.448 e. The molecule has 0 spiro atoms. The van der Waals surface area contributed by atoms with Crippen LogP contribution in [0.15, 0.2) is 77.7 Å². The van der Waals surface area contributed by atoms with Crippen molar-refractivity contribution in [1.82, 2.24) is 14.3 Å². The molecule has 0 atom stereocenters. The number of halogens is 1. The normalized spacial score (nSPS) is 11.3. The molecule has 186 valence electrons. The van der Waals surface area contributed by atoms with Crippen LogP contribution in [0.1, 0.15) is 16.8 Å². The van der Waals surface area contributed by atoms with E-state index in [1.54, 1.807) is 28.8 Å². The van der Waals surface area contributed by atoms with Crippen LogP contribution in [0.5, 0.6) is 0 Å². The molecule has 4 aromatic rings. The van der Waals surface area contributed by atoms with Crippen LogP contribution in [-0.2, 0) is 21.2 Å². The van der Waals surface area contributed by atoms with Gasteiger partial charge in [-0.2, -0.15) is 0 Å². The summed E-state index contributed by atoms with van der Waals surface area (Å²) >= 11 is 0. The summed E-state index contributed by atoms with van der Waals surface area (Å²) in [7, 11) is -4.00. The van der Waals surface area contributed by atoms with Gasteiger partial charge >= 0.3 is 6.09 Å². The number of nitrogen functional groups attached to an aromatic ring is 1. The Morgan fingerprint density at radius 2 is 1.64 bits per heavy atom. The maximum Gasteiger partial charge on any atom is 0.421 e. The molecule has 0 unspecified atom stereocenters. The van der Waals surface area contributed by atoms with E-state index in [2.05, 4.69) is 4.98 Å². The van der Waals surface area contributed by atoms with Gasteiger partial charge in [0.25, 0.3) is 10.0 Å². The lowest BCUT2D eigenvalue weighted by Gasteiger charge is -2.12. The Bertz CT molecular complexity index is 1480. The average molecular weight is 509 g/mol. The van der Waals surface area contributed by atoms with Gasteiger partial charge in [-0.25, -0.2) is 27.3 Å². The second-order valence-electron chi connectivity index (χ2n) is 8.22. The highest BCUT2D eigenvalue weighted by molar-refractivity contribution is 7.90. The molecule has 8 nitrogen and oxygen atoms in total.